The number of sulfonamides is 1. The molecular formula is C20H29N3O4S. The summed E-state index contributed by atoms with van der Waals surface area (Å²) in [4.78, 5) is 25.9. The Kier molecular flexibility index (Phi) is 6.72. The van der Waals surface area contributed by atoms with Crippen molar-refractivity contribution in [2.45, 2.75) is 49.8 Å². The summed E-state index contributed by atoms with van der Waals surface area (Å²) in [6.07, 6.45) is 5.66. The number of hydrogen-bond acceptors (Lipinski definition) is 4. The van der Waals surface area contributed by atoms with E-state index in [1.807, 2.05) is 0 Å². The summed E-state index contributed by atoms with van der Waals surface area (Å²) in [6, 6.07) is 6.37. The molecule has 1 aromatic carbocycles. The SMILES string of the molecule is NC(=O)CCC1CCCN(C(=O)c2cccc(S(=O)(=O)N3CCCCC3)c2)C1. The smallest absolute Gasteiger partial charge is 0.253 e. The molecule has 1 aromatic rings. The zero-order valence-corrected chi connectivity index (χ0v) is 17.0. The average Bonchev–Trinajstić information content (AvgIpc) is 2.72. The molecule has 1 atom stereocenters. The third-order valence-electron chi connectivity index (χ3n) is 5.64. The lowest BCUT2D eigenvalue weighted by Crippen LogP contribution is -2.40. The van der Waals surface area contributed by atoms with Gasteiger partial charge in [-0.05, 0) is 56.2 Å². The topological polar surface area (TPSA) is 101 Å². The zero-order chi connectivity index (χ0) is 20.1. The van der Waals surface area contributed by atoms with E-state index in [-0.39, 0.29) is 22.6 Å². The third kappa shape index (κ3) is 4.91. The van der Waals surface area contributed by atoms with Crippen LogP contribution < -0.4 is 5.73 Å². The van der Waals surface area contributed by atoms with Crippen molar-refractivity contribution in [1.29, 1.82) is 0 Å². The van der Waals surface area contributed by atoms with Gasteiger partial charge in [0.05, 0.1) is 4.90 Å². The number of likely N-dealkylation sites (tertiary alicyclic amines) is 1. The van der Waals surface area contributed by atoms with Gasteiger partial charge in [-0.3, -0.25) is 9.59 Å². The summed E-state index contributed by atoms with van der Waals surface area (Å²) in [7, 11) is -3.57. The minimum absolute atomic E-state index is 0.153. The number of hydrogen-bond donors (Lipinski definition) is 1. The standard InChI is InChI=1S/C20H29N3O4S/c21-19(24)10-9-16-6-5-11-22(15-16)20(25)17-7-4-8-18(14-17)28(26,27)23-12-2-1-3-13-23/h4,7-8,14,16H,1-3,5-6,9-13,15H2,(H2,21,24). The highest BCUT2D eigenvalue weighted by molar-refractivity contribution is 7.89. The first-order valence-corrected chi connectivity index (χ1v) is 11.5. The second-order valence-corrected chi connectivity index (χ2v) is 9.69. The van der Waals surface area contributed by atoms with Gasteiger partial charge < -0.3 is 10.6 Å². The normalized spacial score (nSPS) is 21.4. The van der Waals surface area contributed by atoms with Gasteiger partial charge in [0.2, 0.25) is 15.9 Å². The number of benzene rings is 1. The van der Waals surface area contributed by atoms with Crippen LogP contribution in [0.3, 0.4) is 0 Å². The molecule has 0 saturated carbocycles. The van der Waals surface area contributed by atoms with Gasteiger partial charge in [0.1, 0.15) is 0 Å². The minimum Gasteiger partial charge on any atom is -0.370 e. The molecule has 2 fully saturated rings. The minimum atomic E-state index is -3.57. The van der Waals surface area contributed by atoms with E-state index in [1.54, 1.807) is 23.1 Å². The first kappa shape index (κ1) is 20.8. The van der Waals surface area contributed by atoms with E-state index < -0.39 is 10.0 Å². The molecule has 2 saturated heterocycles. The number of piperidine rings is 2. The van der Waals surface area contributed by atoms with Crippen molar-refractivity contribution >= 4 is 21.8 Å². The number of primary amides is 1. The molecule has 0 aromatic heterocycles. The number of carbonyl (C=O) groups is 2. The lowest BCUT2D eigenvalue weighted by atomic mass is 9.93. The first-order valence-electron chi connectivity index (χ1n) is 10.1. The molecule has 0 spiro atoms. The fraction of sp³-hybridized carbons (Fsp3) is 0.600. The van der Waals surface area contributed by atoms with Gasteiger partial charge in [-0.1, -0.05) is 12.5 Å². The molecule has 2 amide bonds. The second-order valence-electron chi connectivity index (χ2n) is 7.76. The number of nitrogens with zero attached hydrogens (tertiary/aromatic N) is 2. The highest BCUT2D eigenvalue weighted by Gasteiger charge is 2.28. The molecule has 28 heavy (non-hydrogen) atoms. The Bertz CT molecular complexity index is 818. The van der Waals surface area contributed by atoms with Crippen LogP contribution in [-0.4, -0.2) is 55.6 Å². The van der Waals surface area contributed by atoms with E-state index in [2.05, 4.69) is 0 Å². The van der Waals surface area contributed by atoms with Gasteiger partial charge in [0.15, 0.2) is 0 Å². The van der Waals surface area contributed by atoms with E-state index in [0.717, 1.165) is 32.1 Å². The molecule has 2 aliphatic heterocycles. The first-order chi connectivity index (χ1) is 13.4. The van der Waals surface area contributed by atoms with Gasteiger partial charge in [-0.2, -0.15) is 4.31 Å². The lowest BCUT2D eigenvalue weighted by molar-refractivity contribution is -0.118. The van der Waals surface area contributed by atoms with E-state index in [1.165, 1.54) is 10.4 Å². The Hall–Kier alpha value is -1.93. The van der Waals surface area contributed by atoms with Crippen LogP contribution >= 0.6 is 0 Å². The van der Waals surface area contributed by atoms with Crippen LogP contribution in [0.4, 0.5) is 0 Å². The van der Waals surface area contributed by atoms with Gasteiger partial charge in [-0.25, -0.2) is 8.42 Å². The summed E-state index contributed by atoms with van der Waals surface area (Å²) >= 11 is 0. The fourth-order valence-corrected chi connectivity index (χ4v) is 5.62. The average molecular weight is 408 g/mol. The van der Waals surface area contributed by atoms with Crippen LogP contribution in [0.15, 0.2) is 29.2 Å². The number of rotatable bonds is 6. The van der Waals surface area contributed by atoms with Gasteiger partial charge >= 0.3 is 0 Å². The van der Waals surface area contributed by atoms with Crippen molar-refractivity contribution in [2.24, 2.45) is 11.7 Å². The maximum Gasteiger partial charge on any atom is 0.253 e. The predicted octanol–water partition coefficient (Wildman–Crippen LogP) is 1.98. The van der Waals surface area contributed by atoms with Crippen molar-refractivity contribution in [3.63, 3.8) is 0 Å². The molecule has 0 radical (unpaired) electrons. The molecule has 8 heteroatoms. The second kappa shape index (κ2) is 9.05. The largest absolute Gasteiger partial charge is 0.370 e. The van der Waals surface area contributed by atoms with Crippen LogP contribution in [0.2, 0.25) is 0 Å². The maximum atomic E-state index is 13.0. The molecule has 0 bridgehead atoms. The van der Waals surface area contributed by atoms with Gasteiger partial charge in [0.25, 0.3) is 5.91 Å². The monoisotopic (exact) mass is 407 g/mol. The Morgan fingerprint density at radius 1 is 1.07 bits per heavy atom. The summed E-state index contributed by atoms with van der Waals surface area (Å²) in [5, 5.41) is 0. The Morgan fingerprint density at radius 2 is 1.82 bits per heavy atom. The maximum absolute atomic E-state index is 13.0. The van der Waals surface area contributed by atoms with E-state index in [0.29, 0.717) is 44.6 Å². The van der Waals surface area contributed by atoms with E-state index in [4.69, 9.17) is 5.73 Å². The summed E-state index contributed by atoms with van der Waals surface area (Å²) < 4.78 is 27.3. The molecule has 2 aliphatic rings. The van der Waals surface area contributed by atoms with Crippen LogP contribution in [0.1, 0.15) is 55.3 Å². The molecule has 154 valence electrons. The number of nitrogens with two attached hydrogens (primary N) is 1. The Labute approximate surface area is 166 Å². The molecule has 2 N–H and O–H groups in total. The van der Waals surface area contributed by atoms with Crippen LogP contribution in [-0.2, 0) is 14.8 Å². The van der Waals surface area contributed by atoms with Crippen LogP contribution in [0.25, 0.3) is 0 Å². The molecule has 1 unspecified atom stereocenters. The number of amides is 2. The van der Waals surface area contributed by atoms with Gasteiger partial charge in [-0.15, -0.1) is 0 Å². The molecule has 0 aliphatic carbocycles. The van der Waals surface area contributed by atoms with E-state index in [9.17, 15) is 18.0 Å². The fourth-order valence-electron chi connectivity index (χ4n) is 4.06. The van der Waals surface area contributed by atoms with Crippen LogP contribution in [0.5, 0.6) is 0 Å². The molecule has 3 rings (SSSR count). The Morgan fingerprint density at radius 3 is 2.54 bits per heavy atom. The highest BCUT2D eigenvalue weighted by atomic mass is 32.2. The summed E-state index contributed by atoms with van der Waals surface area (Å²) in [5.41, 5.74) is 5.63. The van der Waals surface area contributed by atoms with Crippen molar-refractivity contribution in [3.8, 4) is 0 Å². The molecule has 2 heterocycles. The van der Waals surface area contributed by atoms with Crippen molar-refractivity contribution in [2.75, 3.05) is 26.2 Å². The predicted molar refractivity (Wildman–Crippen MR) is 106 cm³/mol. The van der Waals surface area contributed by atoms with Crippen LogP contribution in [0, 0.1) is 5.92 Å². The lowest BCUT2D eigenvalue weighted by Gasteiger charge is -2.33. The summed E-state index contributed by atoms with van der Waals surface area (Å²) in [5.74, 6) is -0.219. The van der Waals surface area contributed by atoms with E-state index >= 15 is 0 Å². The highest BCUT2D eigenvalue weighted by Crippen LogP contribution is 2.25. The molecule has 7 nitrogen and oxygen atoms in total. The quantitative estimate of drug-likeness (QED) is 0.779. The van der Waals surface area contributed by atoms with Crippen molar-refractivity contribution < 1.29 is 18.0 Å². The van der Waals surface area contributed by atoms with Gasteiger partial charge in [0, 0.05) is 38.2 Å². The molecular weight excluding hydrogens is 378 g/mol. The third-order valence-corrected chi connectivity index (χ3v) is 7.53. The Balaban J connectivity index is 1.72. The van der Waals surface area contributed by atoms with Crippen molar-refractivity contribution in [1.82, 2.24) is 9.21 Å². The van der Waals surface area contributed by atoms with Crippen molar-refractivity contribution in [3.05, 3.63) is 29.8 Å². The number of carbonyl (C=O) groups excluding carboxylic acids is 2. The zero-order valence-electron chi connectivity index (χ0n) is 16.2. The summed E-state index contributed by atoms with van der Waals surface area (Å²) in [6.45, 7) is 2.30.